The average molecular weight is 625 g/mol. The number of para-hydroxylation sites is 1. The maximum atomic E-state index is 15.9. The van der Waals surface area contributed by atoms with E-state index < -0.39 is 36.1 Å². The topological polar surface area (TPSA) is 69.8 Å². The fourth-order valence-electron chi connectivity index (χ4n) is 6.21. The second-order valence-electron chi connectivity index (χ2n) is 11.7. The molecule has 45 heavy (non-hydrogen) atoms. The average Bonchev–Trinajstić information content (AvgIpc) is 3.40. The third-order valence-electron chi connectivity index (χ3n) is 8.43. The highest BCUT2D eigenvalue weighted by molar-refractivity contribution is 5.85. The molecule has 1 fully saturated rings. The number of halogens is 4. The molecule has 0 aliphatic carbocycles. The minimum Gasteiger partial charge on any atom is -0.445 e. The Balaban J connectivity index is 1.19. The van der Waals surface area contributed by atoms with Gasteiger partial charge in [0, 0.05) is 60.6 Å². The number of hydrogen-bond acceptors (Lipinski definition) is 5. The highest BCUT2D eigenvalue weighted by Gasteiger charge is 2.45. The number of aromatic nitrogens is 1. The molecule has 1 aromatic heterocycles. The van der Waals surface area contributed by atoms with Crippen LogP contribution in [0.15, 0.2) is 66.7 Å². The number of hydrogen-bond donors (Lipinski definition) is 2. The van der Waals surface area contributed by atoms with Crippen LogP contribution in [-0.4, -0.2) is 79.2 Å². The molecule has 6 rings (SSSR count). The fraction of sp³-hybridized carbons (Fsp3) is 0.382. The van der Waals surface area contributed by atoms with Crippen LogP contribution in [0.4, 0.5) is 28.0 Å². The van der Waals surface area contributed by atoms with Crippen molar-refractivity contribution in [3.05, 3.63) is 101 Å². The quantitative estimate of drug-likeness (QED) is 0.175. The lowest BCUT2D eigenvalue weighted by atomic mass is 9.90. The highest BCUT2D eigenvalue weighted by atomic mass is 19.1. The number of carbonyl (C=O) groups excluding carboxylic acids is 1. The summed E-state index contributed by atoms with van der Waals surface area (Å²) in [6, 6.07) is 18.5. The summed E-state index contributed by atoms with van der Waals surface area (Å²) < 4.78 is 70.5. The van der Waals surface area contributed by atoms with E-state index in [2.05, 4.69) is 10.3 Å². The van der Waals surface area contributed by atoms with E-state index in [0.29, 0.717) is 18.7 Å². The monoisotopic (exact) mass is 624 g/mol. The number of benzene rings is 3. The zero-order chi connectivity index (χ0) is 31.4. The van der Waals surface area contributed by atoms with Crippen LogP contribution < -0.4 is 5.32 Å². The van der Waals surface area contributed by atoms with Crippen molar-refractivity contribution in [3.63, 3.8) is 0 Å². The molecule has 4 aromatic rings. The van der Waals surface area contributed by atoms with Gasteiger partial charge in [-0.15, -0.1) is 0 Å². The SMILES string of the molecule is O=C(OCc1ccccc1)N(CCCF)CCNc1cc(F)c([C@@H]2c3[nH]c4ccccc4c3CCN2CC2(F)COC2)c(F)c1. The van der Waals surface area contributed by atoms with Gasteiger partial charge in [0.15, 0.2) is 5.67 Å². The van der Waals surface area contributed by atoms with Crippen LogP contribution >= 0.6 is 0 Å². The predicted octanol–water partition coefficient (Wildman–Crippen LogP) is 6.54. The summed E-state index contributed by atoms with van der Waals surface area (Å²) in [5, 5.41) is 3.96. The molecule has 1 amide bonds. The molecule has 2 N–H and O–H groups in total. The Morgan fingerprint density at radius 3 is 2.51 bits per heavy atom. The number of fused-ring (bicyclic) bond motifs is 3. The number of ether oxygens (including phenoxy) is 2. The van der Waals surface area contributed by atoms with Crippen molar-refractivity contribution < 1.29 is 31.8 Å². The van der Waals surface area contributed by atoms with Gasteiger partial charge in [-0.3, -0.25) is 9.29 Å². The lowest BCUT2D eigenvalue weighted by molar-refractivity contribution is -0.144. The number of aromatic amines is 1. The number of carbonyl (C=O) groups is 1. The summed E-state index contributed by atoms with van der Waals surface area (Å²) in [7, 11) is 0. The molecule has 7 nitrogen and oxygen atoms in total. The Bertz CT molecular complexity index is 1610. The summed E-state index contributed by atoms with van der Waals surface area (Å²) in [6.45, 7) is 0.214. The van der Waals surface area contributed by atoms with Crippen molar-refractivity contribution in [1.29, 1.82) is 0 Å². The van der Waals surface area contributed by atoms with Crippen molar-refractivity contribution in [3.8, 4) is 0 Å². The minimum absolute atomic E-state index is 0.0135. The second-order valence-corrected chi connectivity index (χ2v) is 11.7. The standard InChI is InChI=1S/C34H36F4N4O3/c35-12-6-14-41(33(43)45-19-23-7-2-1-3-8-23)16-13-39-24-17-27(36)30(28(37)18-24)32-31-26(25-9-4-5-10-29(25)40-31)11-15-42(32)20-34(38)21-44-22-34/h1-5,7-10,17-18,32,39-40H,6,11-16,19-22H2/t32-/m1/s1. The number of anilines is 1. The molecule has 0 unspecified atom stereocenters. The summed E-state index contributed by atoms with van der Waals surface area (Å²) in [4.78, 5) is 19.2. The van der Waals surface area contributed by atoms with Gasteiger partial charge in [-0.05, 0) is 42.2 Å². The number of amides is 1. The molecule has 0 radical (unpaired) electrons. The first-order valence-corrected chi connectivity index (χ1v) is 15.2. The van der Waals surface area contributed by atoms with Gasteiger partial charge in [0.1, 0.15) is 18.2 Å². The highest BCUT2D eigenvalue weighted by Crippen LogP contribution is 2.42. The zero-order valence-corrected chi connectivity index (χ0v) is 24.8. The third kappa shape index (κ3) is 6.79. The Hall–Kier alpha value is -4.09. The Labute approximate surface area is 259 Å². The van der Waals surface area contributed by atoms with E-state index in [1.165, 1.54) is 17.0 Å². The molecular weight excluding hydrogens is 588 g/mol. The van der Waals surface area contributed by atoms with E-state index >= 15 is 13.2 Å². The van der Waals surface area contributed by atoms with Gasteiger partial charge >= 0.3 is 6.09 Å². The van der Waals surface area contributed by atoms with Gasteiger partial charge in [-0.25, -0.2) is 18.0 Å². The van der Waals surface area contributed by atoms with Gasteiger partial charge in [0.05, 0.1) is 25.9 Å². The summed E-state index contributed by atoms with van der Waals surface area (Å²) in [5.41, 5.74) is 1.75. The van der Waals surface area contributed by atoms with E-state index in [9.17, 15) is 9.18 Å². The molecule has 1 atom stereocenters. The molecule has 2 aliphatic rings. The van der Waals surface area contributed by atoms with E-state index in [0.717, 1.165) is 22.0 Å². The molecule has 3 aromatic carbocycles. The van der Waals surface area contributed by atoms with Crippen LogP contribution in [-0.2, 0) is 22.5 Å². The van der Waals surface area contributed by atoms with Gasteiger partial charge in [-0.2, -0.15) is 0 Å². The molecule has 2 aliphatic heterocycles. The summed E-state index contributed by atoms with van der Waals surface area (Å²) in [5.74, 6) is -1.54. The molecule has 0 saturated carbocycles. The van der Waals surface area contributed by atoms with Crippen LogP contribution in [0.3, 0.4) is 0 Å². The van der Waals surface area contributed by atoms with Crippen LogP contribution in [0.2, 0.25) is 0 Å². The third-order valence-corrected chi connectivity index (χ3v) is 8.43. The van der Waals surface area contributed by atoms with Crippen LogP contribution in [0.1, 0.15) is 34.8 Å². The minimum atomic E-state index is -1.58. The van der Waals surface area contributed by atoms with Crippen LogP contribution in [0.25, 0.3) is 10.9 Å². The Kier molecular flexibility index (Phi) is 9.27. The van der Waals surface area contributed by atoms with Crippen LogP contribution in [0.5, 0.6) is 0 Å². The first-order chi connectivity index (χ1) is 21.8. The fourth-order valence-corrected chi connectivity index (χ4v) is 6.21. The number of nitrogens with zero attached hydrogens (tertiary/aromatic N) is 2. The number of alkyl halides is 2. The normalized spacial score (nSPS) is 17.5. The largest absolute Gasteiger partial charge is 0.445 e. The Morgan fingerprint density at radius 2 is 1.80 bits per heavy atom. The zero-order valence-electron chi connectivity index (χ0n) is 24.8. The maximum absolute atomic E-state index is 15.9. The van der Waals surface area contributed by atoms with E-state index in [1.807, 2.05) is 54.6 Å². The molecule has 3 heterocycles. The van der Waals surface area contributed by atoms with Gasteiger partial charge in [-0.1, -0.05) is 48.5 Å². The van der Waals surface area contributed by atoms with Crippen molar-refractivity contribution in [1.82, 2.24) is 14.8 Å². The molecule has 0 spiro atoms. The van der Waals surface area contributed by atoms with Crippen molar-refractivity contribution in [2.24, 2.45) is 0 Å². The van der Waals surface area contributed by atoms with Gasteiger partial charge < -0.3 is 24.7 Å². The van der Waals surface area contributed by atoms with E-state index in [4.69, 9.17) is 9.47 Å². The molecule has 11 heteroatoms. The lowest BCUT2D eigenvalue weighted by Crippen LogP contribution is -2.55. The number of rotatable bonds is 12. The lowest BCUT2D eigenvalue weighted by Gasteiger charge is -2.43. The summed E-state index contributed by atoms with van der Waals surface area (Å²) >= 11 is 0. The van der Waals surface area contributed by atoms with Crippen molar-refractivity contribution >= 4 is 22.7 Å². The molecule has 0 bridgehead atoms. The van der Waals surface area contributed by atoms with Crippen molar-refractivity contribution in [2.75, 3.05) is 57.9 Å². The Morgan fingerprint density at radius 1 is 1.07 bits per heavy atom. The van der Waals surface area contributed by atoms with Crippen molar-refractivity contribution in [2.45, 2.75) is 31.2 Å². The molecule has 1 saturated heterocycles. The first-order valence-electron chi connectivity index (χ1n) is 15.2. The summed E-state index contributed by atoms with van der Waals surface area (Å²) in [6.07, 6.45) is 0.150. The number of nitrogens with one attached hydrogen (secondary N) is 2. The van der Waals surface area contributed by atoms with E-state index in [-0.39, 0.29) is 63.7 Å². The first kappa shape index (κ1) is 30.9. The van der Waals surface area contributed by atoms with Crippen LogP contribution in [0, 0.1) is 11.6 Å². The van der Waals surface area contributed by atoms with Gasteiger partial charge in [0.2, 0.25) is 0 Å². The molecule has 238 valence electrons. The number of H-pyrrole nitrogens is 1. The van der Waals surface area contributed by atoms with Gasteiger partial charge in [0.25, 0.3) is 0 Å². The smallest absolute Gasteiger partial charge is 0.410 e. The predicted molar refractivity (Wildman–Crippen MR) is 164 cm³/mol. The second kappa shape index (κ2) is 13.5. The van der Waals surface area contributed by atoms with E-state index in [1.54, 1.807) is 4.90 Å². The maximum Gasteiger partial charge on any atom is 0.410 e. The molecular formula is C34H36F4N4O3.